The van der Waals surface area contributed by atoms with Gasteiger partial charge in [0.2, 0.25) is 5.91 Å². The number of hydrogen-bond acceptors (Lipinski definition) is 10. The molecule has 1 amide bonds. The molecule has 4 unspecified atom stereocenters. The fourth-order valence-corrected chi connectivity index (χ4v) is 8.96. The van der Waals surface area contributed by atoms with Gasteiger partial charge in [-0.15, -0.1) is 11.3 Å². The van der Waals surface area contributed by atoms with Crippen LogP contribution in [0.3, 0.4) is 0 Å². The number of carbonyl (C=O) groups excluding carboxylic acids is 1. The summed E-state index contributed by atoms with van der Waals surface area (Å²) in [4.78, 5) is 32.8. The molecule has 0 saturated carbocycles. The molecule has 7 rings (SSSR count). The van der Waals surface area contributed by atoms with Crippen molar-refractivity contribution in [2.45, 2.75) is 56.4 Å². The molecule has 0 radical (unpaired) electrons. The van der Waals surface area contributed by atoms with Gasteiger partial charge in [0.25, 0.3) is 0 Å². The number of carbonyl (C=O) groups is 1. The zero-order valence-corrected chi connectivity index (χ0v) is 27.5. The summed E-state index contributed by atoms with van der Waals surface area (Å²) in [5.74, 6) is -0.134. The number of anilines is 2. The number of ether oxygens (including phenoxy) is 1. The summed E-state index contributed by atoms with van der Waals surface area (Å²) in [6, 6.07) is 4.76. The normalized spacial score (nSPS) is 24.2. The van der Waals surface area contributed by atoms with Crippen molar-refractivity contribution in [2.75, 3.05) is 43.9 Å². The van der Waals surface area contributed by atoms with E-state index in [9.17, 15) is 18.8 Å². The average Bonchev–Trinajstić information content (AvgIpc) is 3.80. The number of likely N-dealkylation sites (N-methyl/N-ethyl adjacent to an activating group) is 1. The van der Waals surface area contributed by atoms with E-state index in [1.807, 2.05) is 18.9 Å². The molecule has 3 aliphatic rings. The van der Waals surface area contributed by atoms with Crippen LogP contribution in [-0.4, -0.2) is 87.7 Å². The second kappa shape index (κ2) is 11.8. The van der Waals surface area contributed by atoms with Crippen molar-refractivity contribution in [3.8, 4) is 23.3 Å². The third-order valence-electron chi connectivity index (χ3n) is 10.1. The summed E-state index contributed by atoms with van der Waals surface area (Å²) >= 11 is 8.11. The maximum atomic E-state index is 14.9. The molecule has 4 aromatic rings. The van der Waals surface area contributed by atoms with Crippen LogP contribution in [0.5, 0.6) is 6.01 Å². The van der Waals surface area contributed by atoms with Gasteiger partial charge in [0.15, 0.2) is 0 Å². The number of benzene rings is 1. The monoisotopic (exact) mass is 678 g/mol. The van der Waals surface area contributed by atoms with Crippen LogP contribution in [0.15, 0.2) is 31.0 Å². The standard InChI is InChI=1S/C33H33ClF2N8O2S/c1-4-24(45)44-11-8-23(17(44)2)42(3)31-21-14-39-27(19-6-7-22(36)29-25(19)20(13-37)30(38)47-29)26(34)28(21)40-32(41-31)46-16-33-9-5-10-43(33)15-18(35)12-33/h4,6-7,14,17-18,23H,1,5,8-12,15-16,38H2,2-3H3. The van der Waals surface area contributed by atoms with Gasteiger partial charge in [0.1, 0.15) is 41.0 Å². The molecular formula is C33H33ClF2N8O2S. The number of nitrogens with two attached hydrogens (primary N) is 1. The van der Waals surface area contributed by atoms with Crippen LogP contribution in [0.1, 0.15) is 38.2 Å². The summed E-state index contributed by atoms with van der Waals surface area (Å²) in [5, 5.41) is 11.1. The number of fused-ring (bicyclic) bond motifs is 3. The van der Waals surface area contributed by atoms with E-state index in [1.165, 1.54) is 18.2 Å². The molecule has 0 spiro atoms. The summed E-state index contributed by atoms with van der Waals surface area (Å²) in [6.45, 7) is 7.62. The number of hydrogen-bond donors (Lipinski definition) is 1. The van der Waals surface area contributed by atoms with Gasteiger partial charge in [-0.25, -0.2) is 8.78 Å². The molecule has 0 bridgehead atoms. The van der Waals surface area contributed by atoms with Crippen molar-refractivity contribution >= 4 is 60.7 Å². The van der Waals surface area contributed by atoms with Gasteiger partial charge in [0.05, 0.1) is 37.9 Å². The first kappa shape index (κ1) is 31.5. The van der Waals surface area contributed by atoms with Crippen LogP contribution in [0.2, 0.25) is 5.02 Å². The number of halogens is 3. The molecule has 3 fully saturated rings. The fraction of sp³-hybridized carbons (Fsp3) is 0.424. The number of aromatic nitrogens is 3. The number of nitrogen functional groups attached to an aromatic ring is 1. The van der Waals surface area contributed by atoms with Gasteiger partial charge in [-0.2, -0.15) is 15.2 Å². The molecule has 10 nitrogen and oxygen atoms in total. The largest absolute Gasteiger partial charge is 0.461 e. The molecule has 6 heterocycles. The van der Waals surface area contributed by atoms with E-state index in [4.69, 9.17) is 37.0 Å². The van der Waals surface area contributed by atoms with E-state index >= 15 is 0 Å². The minimum absolute atomic E-state index is 0.0772. The smallest absolute Gasteiger partial charge is 0.319 e. The van der Waals surface area contributed by atoms with Gasteiger partial charge >= 0.3 is 6.01 Å². The number of alkyl halides is 1. The van der Waals surface area contributed by atoms with E-state index < -0.39 is 17.5 Å². The molecular weight excluding hydrogens is 646 g/mol. The van der Waals surface area contributed by atoms with Crippen LogP contribution in [-0.2, 0) is 4.79 Å². The summed E-state index contributed by atoms with van der Waals surface area (Å²) in [5.41, 5.74) is 6.92. The molecule has 14 heteroatoms. The number of pyridine rings is 1. The van der Waals surface area contributed by atoms with Crippen LogP contribution in [0.25, 0.3) is 32.2 Å². The number of nitrogens with zero attached hydrogens (tertiary/aromatic N) is 7. The lowest BCUT2D eigenvalue weighted by Gasteiger charge is -2.33. The zero-order valence-electron chi connectivity index (χ0n) is 26.0. The Hall–Kier alpha value is -4.12. The van der Waals surface area contributed by atoms with Gasteiger partial charge in [0, 0.05) is 49.7 Å². The Kier molecular flexibility index (Phi) is 7.93. The topological polar surface area (TPSA) is 125 Å². The number of likely N-dealkylation sites (tertiary alicyclic amines) is 1. The first-order chi connectivity index (χ1) is 22.6. The van der Waals surface area contributed by atoms with Crippen molar-refractivity contribution < 1.29 is 18.3 Å². The zero-order chi connectivity index (χ0) is 33.2. The SMILES string of the molecule is C=CC(=O)N1CCC(N(C)c2nc(OCC34CCCN3CC(F)C4)nc3c(Cl)c(-c4ccc(F)c5sc(N)c(C#N)c45)ncc23)C1C. The number of nitriles is 1. The summed E-state index contributed by atoms with van der Waals surface area (Å²) in [6.07, 6.45) is 4.88. The molecule has 47 heavy (non-hydrogen) atoms. The van der Waals surface area contributed by atoms with Gasteiger partial charge in [-0.3, -0.25) is 14.7 Å². The van der Waals surface area contributed by atoms with Crippen molar-refractivity contribution in [1.82, 2.24) is 24.8 Å². The summed E-state index contributed by atoms with van der Waals surface area (Å²) < 4.78 is 35.9. The van der Waals surface area contributed by atoms with Gasteiger partial charge < -0.3 is 20.3 Å². The predicted molar refractivity (Wildman–Crippen MR) is 179 cm³/mol. The molecule has 0 aliphatic carbocycles. The maximum absolute atomic E-state index is 14.9. The molecule has 4 atom stereocenters. The molecule has 244 valence electrons. The van der Waals surface area contributed by atoms with Gasteiger partial charge in [-0.05, 0) is 50.9 Å². The Morgan fingerprint density at radius 2 is 2.19 bits per heavy atom. The van der Waals surface area contributed by atoms with Crippen LogP contribution in [0, 0.1) is 17.1 Å². The third-order valence-corrected chi connectivity index (χ3v) is 11.4. The van der Waals surface area contributed by atoms with E-state index in [-0.39, 0.29) is 50.9 Å². The highest BCUT2D eigenvalue weighted by Gasteiger charge is 2.49. The number of thiophene rings is 1. The fourth-order valence-electron chi connectivity index (χ4n) is 7.71. The van der Waals surface area contributed by atoms with E-state index in [0.717, 1.165) is 30.7 Å². The second-order valence-corrected chi connectivity index (χ2v) is 14.0. The predicted octanol–water partition coefficient (Wildman–Crippen LogP) is 5.72. The lowest BCUT2D eigenvalue weighted by Crippen LogP contribution is -2.44. The molecule has 3 aromatic heterocycles. The van der Waals surface area contributed by atoms with E-state index in [2.05, 4.69) is 17.5 Å². The van der Waals surface area contributed by atoms with E-state index in [0.29, 0.717) is 59.3 Å². The Balaban J connectivity index is 1.35. The molecule has 2 N–H and O–H groups in total. The second-order valence-electron chi connectivity index (χ2n) is 12.6. The maximum Gasteiger partial charge on any atom is 0.319 e. The molecule has 3 aliphatic heterocycles. The van der Waals surface area contributed by atoms with Crippen LogP contribution in [0.4, 0.5) is 19.6 Å². The first-order valence-electron chi connectivity index (χ1n) is 15.5. The van der Waals surface area contributed by atoms with Crippen LogP contribution >= 0.6 is 22.9 Å². The Bertz CT molecular complexity index is 1980. The van der Waals surface area contributed by atoms with E-state index in [1.54, 1.807) is 11.1 Å². The minimum Gasteiger partial charge on any atom is -0.461 e. The molecule has 1 aromatic carbocycles. The Morgan fingerprint density at radius 3 is 2.96 bits per heavy atom. The number of amides is 1. The summed E-state index contributed by atoms with van der Waals surface area (Å²) in [7, 11) is 1.90. The van der Waals surface area contributed by atoms with Crippen molar-refractivity contribution in [1.29, 1.82) is 5.26 Å². The Labute approximate surface area is 279 Å². The highest BCUT2D eigenvalue weighted by molar-refractivity contribution is 7.23. The minimum atomic E-state index is -0.914. The van der Waals surface area contributed by atoms with Crippen molar-refractivity contribution in [2.24, 2.45) is 0 Å². The lowest BCUT2D eigenvalue weighted by molar-refractivity contribution is -0.126. The first-order valence-corrected chi connectivity index (χ1v) is 16.7. The highest BCUT2D eigenvalue weighted by atomic mass is 35.5. The van der Waals surface area contributed by atoms with Crippen molar-refractivity contribution in [3.63, 3.8) is 0 Å². The number of rotatable bonds is 7. The van der Waals surface area contributed by atoms with Crippen molar-refractivity contribution in [3.05, 3.63) is 47.4 Å². The Morgan fingerprint density at radius 1 is 1.38 bits per heavy atom. The quantitative estimate of drug-likeness (QED) is 0.245. The molecule has 3 saturated heterocycles. The van der Waals surface area contributed by atoms with Gasteiger partial charge in [-0.1, -0.05) is 18.2 Å². The third kappa shape index (κ3) is 5.05. The average molecular weight is 679 g/mol. The highest BCUT2D eigenvalue weighted by Crippen LogP contribution is 2.45. The van der Waals surface area contributed by atoms with Crippen LogP contribution < -0.4 is 15.4 Å². The lowest BCUT2D eigenvalue weighted by atomic mass is 9.95.